The number of nitrogens with zero attached hydrogens (tertiary/aromatic N) is 2. The number of amides is 1. The third kappa shape index (κ3) is 4.22. The standard InChI is InChI=1S/C17H15ClN4O3S/c1-22-10-9-16(20-22)19-17(23)12-3-2-4-15(11-12)26(24,25)21-14-7-5-13(18)6-8-14/h2-11,21H,1H3,(H,19,20,23). The van der Waals surface area contributed by atoms with Gasteiger partial charge in [0.15, 0.2) is 5.82 Å². The van der Waals surface area contributed by atoms with Crippen LogP contribution in [0.15, 0.2) is 65.7 Å². The van der Waals surface area contributed by atoms with E-state index in [-0.39, 0.29) is 10.5 Å². The fraction of sp³-hybridized carbons (Fsp3) is 0.0588. The molecule has 0 spiro atoms. The van der Waals surface area contributed by atoms with Crippen molar-refractivity contribution in [2.75, 3.05) is 10.0 Å². The first-order valence-electron chi connectivity index (χ1n) is 7.53. The quantitative estimate of drug-likeness (QED) is 0.699. The van der Waals surface area contributed by atoms with Crippen LogP contribution >= 0.6 is 11.6 Å². The van der Waals surface area contributed by atoms with Gasteiger partial charge in [0.05, 0.1) is 4.90 Å². The zero-order valence-corrected chi connectivity index (χ0v) is 15.3. The summed E-state index contributed by atoms with van der Waals surface area (Å²) in [5, 5.41) is 7.17. The average Bonchev–Trinajstić information content (AvgIpc) is 3.02. The lowest BCUT2D eigenvalue weighted by Crippen LogP contribution is -2.16. The fourth-order valence-electron chi connectivity index (χ4n) is 2.21. The zero-order valence-electron chi connectivity index (χ0n) is 13.7. The highest BCUT2D eigenvalue weighted by molar-refractivity contribution is 7.92. The number of hydrogen-bond donors (Lipinski definition) is 2. The minimum absolute atomic E-state index is 0.0267. The molecule has 26 heavy (non-hydrogen) atoms. The summed E-state index contributed by atoms with van der Waals surface area (Å²) in [6.45, 7) is 0. The van der Waals surface area contributed by atoms with Gasteiger partial charge in [-0.15, -0.1) is 0 Å². The van der Waals surface area contributed by atoms with Crippen molar-refractivity contribution in [1.29, 1.82) is 0 Å². The number of benzene rings is 2. The summed E-state index contributed by atoms with van der Waals surface area (Å²) in [4.78, 5) is 12.3. The van der Waals surface area contributed by atoms with E-state index >= 15 is 0 Å². The van der Waals surface area contributed by atoms with Gasteiger partial charge in [0.1, 0.15) is 0 Å². The molecule has 1 heterocycles. The first kappa shape index (κ1) is 18.0. The molecular weight excluding hydrogens is 376 g/mol. The topological polar surface area (TPSA) is 93.1 Å². The largest absolute Gasteiger partial charge is 0.305 e. The molecule has 0 fully saturated rings. The SMILES string of the molecule is Cn1ccc(NC(=O)c2cccc(S(=O)(=O)Nc3ccc(Cl)cc3)c2)n1. The molecule has 3 rings (SSSR count). The van der Waals surface area contributed by atoms with Crippen molar-refractivity contribution in [1.82, 2.24) is 9.78 Å². The lowest BCUT2D eigenvalue weighted by molar-refractivity contribution is 0.102. The summed E-state index contributed by atoms with van der Waals surface area (Å²) in [6.07, 6.45) is 1.69. The Balaban J connectivity index is 1.81. The maximum atomic E-state index is 12.5. The first-order chi connectivity index (χ1) is 12.3. The minimum Gasteiger partial charge on any atom is -0.305 e. The maximum absolute atomic E-state index is 12.5. The summed E-state index contributed by atoms with van der Waals surface area (Å²) >= 11 is 5.80. The molecular formula is C17H15ClN4O3S. The molecule has 9 heteroatoms. The molecule has 0 aliphatic carbocycles. The number of hydrogen-bond acceptors (Lipinski definition) is 4. The van der Waals surface area contributed by atoms with Crippen LogP contribution in [0.2, 0.25) is 5.02 Å². The number of carbonyl (C=O) groups is 1. The van der Waals surface area contributed by atoms with E-state index in [0.29, 0.717) is 16.5 Å². The fourth-order valence-corrected chi connectivity index (χ4v) is 3.44. The highest BCUT2D eigenvalue weighted by atomic mass is 35.5. The second-order valence-electron chi connectivity index (χ2n) is 5.47. The number of sulfonamides is 1. The van der Waals surface area contributed by atoms with Crippen LogP contribution in [0.3, 0.4) is 0 Å². The lowest BCUT2D eigenvalue weighted by atomic mass is 10.2. The predicted octanol–water partition coefficient (Wildman–Crippen LogP) is 3.13. The normalized spacial score (nSPS) is 11.2. The Morgan fingerprint density at radius 1 is 1.12 bits per heavy atom. The van der Waals surface area contributed by atoms with Crippen molar-refractivity contribution < 1.29 is 13.2 Å². The van der Waals surface area contributed by atoms with Gasteiger partial charge < -0.3 is 5.32 Å². The van der Waals surface area contributed by atoms with Crippen molar-refractivity contribution in [2.45, 2.75) is 4.90 Å². The summed E-state index contributed by atoms with van der Waals surface area (Å²) in [6, 6.07) is 13.7. The monoisotopic (exact) mass is 390 g/mol. The molecule has 3 aromatic rings. The molecule has 0 saturated carbocycles. The van der Waals surface area contributed by atoms with E-state index in [1.807, 2.05) is 0 Å². The van der Waals surface area contributed by atoms with Crippen LogP contribution in [0.25, 0.3) is 0 Å². The van der Waals surface area contributed by atoms with Gasteiger partial charge in [-0.3, -0.25) is 14.2 Å². The van der Waals surface area contributed by atoms with E-state index in [0.717, 1.165) is 0 Å². The molecule has 0 radical (unpaired) electrons. The lowest BCUT2D eigenvalue weighted by Gasteiger charge is -2.09. The van der Waals surface area contributed by atoms with Crippen molar-refractivity contribution >= 4 is 39.0 Å². The number of carbonyl (C=O) groups excluding carboxylic acids is 1. The Morgan fingerprint density at radius 2 is 1.85 bits per heavy atom. The van der Waals surface area contributed by atoms with E-state index in [4.69, 9.17) is 11.6 Å². The van der Waals surface area contributed by atoms with E-state index in [9.17, 15) is 13.2 Å². The third-order valence-electron chi connectivity index (χ3n) is 3.46. The molecule has 134 valence electrons. The van der Waals surface area contributed by atoms with E-state index < -0.39 is 15.9 Å². The van der Waals surface area contributed by atoms with Crippen molar-refractivity contribution in [2.24, 2.45) is 7.05 Å². The number of anilines is 2. The van der Waals surface area contributed by atoms with Crippen molar-refractivity contribution in [3.63, 3.8) is 0 Å². The predicted molar refractivity (Wildman–Crippen MR) is 99.9 cm³/mol. The highest BCUT2D eigenvalue weighted by Gasteiger charge is 2.17. The number of halogens is 1. The number of aryl methyl sites for hydroxylation is 1. The third-order valence-corrected chi connectivity index (χ3v) is 5.09. The second kappa shape index (κ2) is 7.19. The number of rotatable bonds is 5. The van der Waals surface area contributed by atoms with Gasteiger partial charge >= 0.3 is 0 Å². The van der Waals surface area contributed by atoms with Crippen LogP contribution in [-0.2, 0) is 17.1 Å². The van der Waals surface area contributed by atoms with Gasteiger partial charge in [-0.25, -0.2) is 8.42 Å². The molecule has 7 nitrogen and oxygen atoms in total. The second-order valence-corrected chi connectivity index (χ2v) is 7.59. The Morgan fingerprint density at radius 3 is 2.50 bits per heavy atom. The first-order valence-corrected chi connectivity index (χ1v) is 9.39. The molecule has 1 amide bonds. The molecule has 0 atom stereocenters. The molecule has 2 N–H and O–H groups in total. The summed E-state index contributed by atoms with van der Waals surface area (Å²) in [5.74, 6) is -0.0720. The molecule has 2 aromatic carbocycles. The van der Waals surface area contributed by atoms with E-state index in [2.05, 4.69) is 15.1 Å². The van der Waals surface area contributed by atoms with E-state index in [1.165, 1.54) is 24.3 Å². The van der Waals surface area contributed by atoms with Crippen molar-refractivity contribution in [3.05, 3.63) is 71.4 Å². The Labute approximate surface area is 155 Å². The van der Waals surface area contributed by atoms with Gasteiger partial charge in [0.25, 0.3) is 15.9 Å². The van der Waals surface area contributed by atoms with Crippen LogP contribution in [0, 0.1) is 0 Å². The van der Waals surface area contributed by atoms with Crippen molar-refractivity contribution in [3.8, 4) is 0 Å². The number of nitrogens with one attached hydrogen (secondary N) is 2. The summed E-state index contributed by atoms with van der Waals surface area (Å²) in [5.41, 5.74) is 0.576. The van der Waals surface area contributed by atoms with Crippen LogP contribution in [0.1, 0.15) is 10.4 Å². The van der Waals surface area contributed by atoms with Gasteiger partial charge in [-0.05, 0) is 42.5 Å². The Bertz CT molecular complexity index is 1050. The summed E-state index contributed by atoms with van der Waals surface area (Å²) < 4.78 is 29.1. The molecule has 0 unspecified atom stereocenters. The van der Waals surface area contributed by atoms with Gasteiger partial charge in [0, 0.05) is 35.6 Å². The maximum Gasteiger partial charge on any atom is 0.261 e. The highest BCUT2D eigenvalue weighted by Crippen LogP contribution is 2.19. The van der Waals surface area contributed by atoms with Crippen LogP contribution in [0.4, 0.5) is 11.5 Å². The zero-order chi connectivity index (χ0) is 18.7. The molecule has 0 saturated heterocycles. The Hall–Kier alpha value is -2.84. The molecule has 0 aliphatic rings. The summed E-state index contributed by atoms with van der Waals surface area (Å²) in [7, 11) is -2.12. The van der Waals surface area contributed by atoms with Gasteiger partial charge in [0.2, 0.25) is 0 Å². The number of aromatic nitrogens is 2. The van der Waals surface area contributed by atoms with Crippen LogP contribution in [-0.4, -0.2) is 24.1 Å². The van der Waals surface area contributed by atoms with Gasteiger partial charge in [-0.1, -0.05) is 17.7 Å². The van der Waals surface area contributed by atoms with Crippen LogP contribution < -0.4 is 10.0 Å². The Kier molecular flexibility index (Phi) is 4.97. The smallest absolute Gasteiger partial charge is 0.261 e. The van der Waals surface area contributed by atoms with E-state index in [1.54, 1.807) is 48.3 Å². The average molecular weight is 391 g/mol. The van der Waals surface area contributed by atoms with Gasteiger partial charge in [-0.2, -0.15) is 5.10 Å². The van der Waals surface area contributed by atoms with Crippen LogP contribution in [0.5, 0.6) is 0 Å². The minimum atomic E-state index is -3.84. The molecule has 0 bridgehead atoms. The molecule has 0 aliphatic heterocycles. The molecule has 1 aromatic heterocycles.